The summed E-state index contributed by atoms with van der Waals surface area (Å²) in [6.45, 7) is 0. The van der Waals surface area contributed by atoms with Crippen molar-refractivity contribution in [2.75, 3.05) is 0 Å². The summed E-state index contributed by atoms with van der Waals surface area (Å²) in [5.74, 6) is 0. The zero-order valence-electron chi connectivity index (χ0n) is 8.85. The van der Waals surface area contributed by atoms with Crippen molar-refractivity contribution >= 4 is 46.4 Å². The molecule has 0 bridgehead atoms. The van der Waals surface area contributed by atoms with Crippen molar-refractivity contribution in [2.45, 2.75) is 0 Å². The fraction of sp³-hybridized carbons (Fsp3) is 0. The van der Waals surface area contributed by atoms with Crippen LogP contribution in [0.1, 0.15) is 5.56 Å². The maximum Gasteiger partial charge on any atom is 0.101 e. The molecule has 0 N–H and O–H groups in total. The van der Waals surface area contributed by atoms with Gasteiger partial charge in [-0.05, 0) is 29.8 Å². The smallest absolute Gasteiger partial charge is 0.101 e. The van der Waals surface area contributed by atoms with Crippen LogP contribution in [-0.2, 0) is 0 Å². The summed E-state index contributed by atoms with van der Waals surface area (Å²) in [6.07, 6.45) is 0. The van der Waals surface area contributed by atoms with E-state index in [4.69, 9.17) is 51.7 Å². The first-order valence-electron chi connectivity index (χ1n) is 4.87. The Balaban J connectivity index is 2.63. The van der Waals surface area contributed by atoms with Gasteiger partial charge in [-0.2, -0.15) is 5.26 Å². The Morgan fingerprint density at radius 3 is 2.22 bits per heavy atom. The third-order valence-electron chi connectivity index (χ3n) is 2.39. The highest BCUT2D eigenvalue weighted by atomic mass is 35.5. The Kier molecular flexibility index (Phi) is 4.04. The van der Waals surface area contributed by atoms with E-state index in [-0.39, 0.29) is 0 Å². The van der Waals surface area contributed by atoms with Gasteiger partial charge in [0.15, 0.2) is 0 Å². The van der Waals surface area contributed by atoms with Gasteiger partial charge in [0.1, 0.15) is 6.07 Å². The molecule has 2 aromatic rings. The molecule has 18 heavy (non-hydrogen) atoms. The zero-order chi connectivity index (χ0) is 13.3. The monoisotopic (exact) mass is 315 g/mol. The maximum atomic E-state index is 8.82. The van der Waals surface area contributed by atoms with Gasteiger partial charge < -0.3 is 0 Å². The summed E-state index contributed by atoms with van der Waals surface area (Å²) in [5.41, 5.74) is 1.85. The van der Waals surface area contributed by atoms with Gasteiger partial charge in [-0.3, -0.25) is 0 Å². The zero-order valence-corrected chi connectivity index (χ0v) is 11.9. The number of nitrogens with zero attached hydrogens (tertiary/aromatic N) is 1. The van der Waals surface area contributed by atoms with Crippen LogP contribution in [0.15, 0.2) is 30.3 Å². The van der Waals surface area contributed by atoms with E-state index in [1.54, 1.807) is 30.3 Å². The molecule has 5 heteroatoms. The molecule has 0 heterocycles. The molecule has 0 amide bonds. The van der Waals surface area contributed by atoms with Gasteiger partial charge in [-0.1, -0.05) is 52.5 Å². The summed E-state index contributed by atoms with van der Waals surface area (Å²) >= 11 is 24.0. The second-order valence-corrected chi connectivity index (χ2v) is 5.18. The minimum absolute atomic E-state index is 0.363. The minimum atomic E-state index is 0.363. The summed E-state index contributed by atoms with van der Waals surface area (Å²) in [6, 6.07) is 10.3. The average molecular weight is 317 g/mol. The van der Waals surface area contributed by atoms with Gasteiger partial charge in [0.25, 0.3) is 0 Å². The number of hydrogen-bond donors (Lipinski definition) is 0. The van der Waals surface area contributed by atoms with Gasteiger partial charge in [0, 0.05) is 10.6 Å². The first kappa shape index (κ1) is 13.5. The molecule has 0 aromatic heterocycles. The SMILES string of the molecule is N#Cc1ccc(-c2cc(Cl)cc(Cl)c2Cl)cc1Cl. The van der Waals surface area contributed by atoms with Gasteiger partial charge in [-0.25, -0.2) is 0 Å². The normalized spacial score (nSPS) is 10.2. The largest absolute Gasteiger partial charge is 0.192 e. The highest BCUT2D eigenvalue weighted by Gasteiger charge is 2.10. The third kappa shape index (κ3) is 2.58. The third-order valence-corrected chi connectivity index (χ3v) is 3.73. The van der Waals surface area contributed by atoms with Gasteiger partial charge in [0.05, 0.1) is 20.6 Å². The lowest BCUT2D eigenvalue weighted by atomic mass is 10.0. The molecule has 1 nitrogen and oxygen atoms in total. The number of benzene rings is 2. The van der Waals surface area contributed by atoms with E-state index in [9.17, 15) is 0 Å². The molecule has 0 spiro atoms. The Labute approximate surface area is 124 Å². The molecule has 0 radical (unpaired) electrons. The summed E-state index contributed by atoms with van der Waals surface area (Å²) in [7, 11) is 0. The molecule has 0 aliphatic heterocycles. The summed E-state index contributed by atoms with van der Waals surface area (Å²) in [5, 5.41) is 10.4. The standard InChI is InChI=1S/C13H5Cl4N/c14-9-4-10(13(17)12(16)5-9)7-1-2-8(6-18)11(15)3-7/h1-5H. The molecular formula is C13H5Cl4N. The van der Waals surface area contributed by atoms with Crippen LogP contribution in [0.4, 0.5) is 0 Å². The molecule has 0 unspecified atom stereocenters. The van der Waals surface area contributed by atoms with Crippen molar-refractivity contribution in [2.24, 2.45) is 0 Å². The molecule has 0 fully saturated rings. The lowest BCUT2D eigenvalue weighted by molar-refractivity contribution is 1.48. The Morgan fingerprint density at radius 2 is 1.61 bits per heavy atom. The van der Waals surface area contributed by atoms with Crippen LogP contribution >= 0.6 is 46.4 Å². The second-order valence-electron chi connectivity index (χ2n) is 3.56. The molecule has 0 aliphatic rings. The lowest BCUT2D eigenvalue weighted by Gasteiger charge is -2.08. The van der Waals surface area contributed by atoms with Crippen LogP contribution in [0.25, 0.3) is 11.1 Å². The first-order chi connectivity index (χ1) is 8.52. The Hall–Kier alpha value is -0.910. The van der Waals surface area contributed by atoms with Crippen molar-refractivity contribution in [3.63, 3.8) is 0 Å². The van der Waals surface area contributed by atoms with E-state index in [0.717, 1.165) is 5.56 Å². The Morgan fingerprint density at radius 1 is 0.889 bits per heavy atom. The highest BCUT2D eigenvalue weighted by molar-refractivity contribution is 6.45. The van der Waals surface area contributed by atoms with Crippen molar-refractivity contribution in [3.05, 3.63) is 56.0 Å². The number of rotatable bonds is 1. The quantitative estimate of drug-likeness (QED) is 0.606. The topological polar surface area (TPSA) is 23.8 Å². The predicted octanol–water partition coefficient (Wildman–Crippen LogP) is 5.84. The van der Waals surface area contributed by atoms with E-state index in [1.807, 2.05) is 6.07 Å². The molecule has 0 atom stereocenters. The Bertz CT molecular complexity index is 659. The fourth-order valence-corrected chi connectivity index (χ4v) is 2.47. The molecule has 0 aliphatic carbocycles. The van der Waals surface area contributed by atoms with Crippen LogP contribution in [-0.4, -0.2) is 0 Å². The van der Waals surface area contributed by atoms with E-state index in [2.05, 4.69) is 0 Å². The van der Waals surface area contributed by atoms with Crippen molar-refractivity contribution in [1.82, 2.24) is 0 Å². The molecular weight excluding hydrogens is 312 g/mol. The van der Waals surface area contributed by atoms with E-state index in [1.165, 1.54) is 0 Å². The number of halogens is 4. The summed E-state index contributed by atoms with van der Waals surface area (Å²) in [4.78, 5) is 0. The van der Waals surface area contributed by atoms with Crippen LogP contribution < -0.4 is 0 Å². The van der Waals surface area contributed by atoms with E-state index >= 15 is 0 Å². The number of nitriles is 1. The van der Waals surface area contributed by atoms with Crippen LogP contribution in [0, 0.1) is 11.3 Å². The van der Waals surface area contributed by atoms with Crippen LogP contribution in [0.5, 0.6) is 0 Å². The molecule has 2 rings (SSSR count). The minimum Gasteiger partial charge on any atom is -0.192 e. The molecule has 2 aromatic carbocycles. The first-order valence-corrected chi connectivity index (χ1v) is 6.38. The van der Waals surface area contributed by atoms with Crippen LogP contribution in [0.2, 0.25) is 20.1 Å². The highest BCUT2D eigenvalue weighted by Crippen LogP contribution is 2.37. The molecule has 0 saturated carbocycles. The lowest BCUT2D eigenvalue weighted by Crippen LogP contribution is -1.84. The summed E-state index contributed by atoms with van der Waals surface area (Å²) < 4.78 is 0. The van der Waals surface area contributed by atoms with Crippen molar-refractivity contribution in [3.8, 4) is 17.2 Å². The van der Waals surface area contributed by atoms with Crippen LogP contribution in [0.3, 0.4) is 0 Å². The van der Waals surface area contributed by atoms with Gasteiger partial charge >= 0.3 is 0 Å². The maximum absolute atomic E-state index is 8.82. The number of hydrogen-bond acceptors (Lipinski definition) is 1. The van der Waals surface area contributed by atoms with Crippen molar-refractivity contribution in [1.29, 1.82) is 5.26 Å². The van der Waals surface area contributed by atoms with Crippen molar-refractivity contribution < 1.29 is 0 Å². The fourth-order valence-electron chi connectivity index (χ4n) is 1.54. The molecule has 0 saturated heterocycles. The van der Waals surface area contributed by atoms with E-state index < -0.39 is 0 Å². The predicted molar refractivity (Wildman–Crippen MR) is 76.6 cm³/mol. The molecule has 90 valence electrons. The van der Waals surface area contributed by atoms with Gasteiger partial charge in [-0.15, -0.1) is 0 Å². The average Bonchev–Trinajstić information content (AvgIpc) is 2.33. The second kappa shape index (κ2) is 5.38. The van der Waals surface area contributed by atoms with E-state index in [0.29, 0.717) is 31.2 Å². The van der Waals surface area contributed by atoms with Gasteiger partial charge in [0.2, 0.25) is 0 Å².